The van der Waals surface area contributed by atoms with Crippen LogP contribution in [0, 0.1) is 12.7 Å². The first-order valence-corrected chi connectivity index (χ1v) is 9.03. The van der Waals surface area contributed by atoms with Gasteiger partial charge in [-0.1, -0.05) is 6.07 Å². The summed E-state index contributed by atoms with van der Waals surface area (Å²) >= 11 is 0. The molecule has 0 aliphatic carbocycles. The summed E-state index contributed by atoms with van der Waals surface area (Å²) in [5.74, 6) is 0.470. The molecule has 1 unspecified atom stereocenters. The van der Waals surface area contributed by atoms with Crippen LogP contribution in [0.2, 0.25) is 0 Å². The number of amides is 2. The van der Waals surface area contributed by atoms with Crippen molar-refractivity contribution < 1.29 is 13.6 Å². The van der Waals surface area contributed by atoms with Gasteiger partial charge in [0.1, 0.15) is 6.26 Å². The molecule has 2 N–H and O–H groups in total. The van der Waals surface area contributed by atoms with Crippen molar-refractivity contribution in [3.05, 3.63) is 60.4 Å². The highest BCUT2D eigenvalue weighted by molar-refractivity contribution is 5.90. The monoisotopic (exact) mass is 381 g/mol. The number of rotatable bonds is 4. The van der Waals surface area contributed by atoms with E-state index in [-0.39, 0.29) is 17.9 Å². The van der Waals surface area contributed by atoms with Crippen LogP contribution >= 0.6 is 0 Å². The number of hydrogen-bond acceptors (Lipinski definition) is 5. The fourth-order valence-corrected chi connectivity index (χ4v) is 3.32. The Morgan fingerprint density at radius 1 is 1.29 bits per heavy atom. The van der Waals surface area contributed by atoms with E-state index in [4.69, 9.17) is 4.42 Å². The minimum Gasteiger partial charge on any atom is -0.445 e. The lowest BCUT2D eigenvalue weighted by Crippen LogP contribution is -2.39. The molecule has 144 valence electrons. The maximum Gasteiger partial charge on any atom is 0.319 e. The van der Waals surface area contributed by atoms with Crippen molar-refractivity contribution in [1.82, 2.24) is 15.3 Å². The third-order valence-corrected chi connectivity index (χ3v) is 4.72. The van der Waals surface area contributed by atoms with Crippen molar-refractivity contribution in [2.24, 2.45) is 0 Å². The Labute approximate surface area is 161 Å². The smallest absolute Gasteiger partial charge is 0.319 e. The third kappa shape index (κ3) is 3.80. The Hall–Kier alpha value is -3.42. The number of benzene rings is 1. The third-order valence-electron chi connectivity index (χ3n) is 4.72. The SMILES string of the molecule is Cc1ccc(NC(=O)NC2CCN(c3ncccc3F)C2)cc1-c1ncco1. The number of halogens is 1. The van der Waals surface area contributed by atoms with Crippen molar-refractivity contribution >= 4 is 17.5 Å². The number of oxazole rings is 1. The van der Waals surface area contributed by atoms with Crippen LogP contribution in [0.4, 0.5) is 20.7 Å². The van der Waals surface area contributed by atoms with Crippen molar-refractivity contribution in [3.63, 3.8) is 0 Å². The first kappa shape index (κ1) is 18.0. The molecular weight excluding hydrogens is 361 g/mol. The highest BCUT2D eigenvalue weighted by Gasteiger charge is 2.26. The molecule has 0 bridgehead atoms. The second kappa shape index (κ2) is 7.67. The molecule has 3 heterocycles. The molecule has 0 radical (unpaired) electrons. The Balaban J connectivity index is 1.38. The van der Waals surface area contributed by atoms with Crippen molar-refractivity contribution in [1.29, 1.82) is 0 Å². The lowest BCUT2D eigenvalue weighted by atomic mass is 10.1. The standard InChI is InChI=1S/C20H20FN5O2/c1-13-4-5-14(11-16(13)19-23-8-10-28-19)24-20(27)25-15-6-9-26(12-15)18-17(21)3-2-7-22-18/h2-5,7-8,10-11,15H,6,9,12H2,1H3,(H2,24,25,27). The lowest BCUT2D eigenvalue weighted by molar-refractivity contribution is 0.249. The van der Waals surface area contributed by atoms with Gasteiger partial charge in [-0.2, -0.15) is 0 Å². The molecule has 0 spiro atoms. The molecule has 4 rings (SSSR count). The van der Waals surface area contributed by atoms with Crippen LogP contribution in [0.15, 0.2) is 53.4 Å². The topological polar surface area (TPSA) is 83.3 Å². The molecule has 1 fully saturated rings. The van der Waals surface area contributed by atoms with E-state index in [1.54, 1.807) is 18.5 Å². The van der Waals surface area contributed by atoms with Gasteiger partial charge in [-0.25, -0.2) is 19.2 Å². The highest BCUT2D eigenvalue weighted by atomic mass is 19.1. The molecule has 1 aromatic carbocycles. The van der Waals surface area contributed by atoms with E-state index in [2.05, 4.69) is 20.6 Å². The predicted molar refractivity (Wildman–Crippen MR) is 104 cm³/mol. The fourth-order valence-electron chi connectivity index (χ4n) is 3.32. The second-order valence-corrected chi connectivity index (χ2v) is 6.71. The molecule has 8 heteroatoms. The molecule has 7 nitrogen and oxygen atoms in total. The van der Waals surface area contributed by atoms with E-state index in [1.807, 2.05) is 30.0 Å². The molecule has 2 aromatic heterocycles. The van der Waals surface area contributed by atoms with E-state index in [0.29, 0.717) is 30.5 Å². The van der Waals surface area contributed by atoms with Crippen LogP contribution in [-0.2, 0) is 0 Å². The minimum absolute atomic E-state index is 0.0851. The number of aryl methyl sites for hydroxylation is 1. The maximum absolute atomic E-state index is 13.9. The highest BCUT2D eigenvalue weighted by Crippen LogP contribution is 2.25. The summed E-state index contributed by atoms with van der Waals surface area (Å²) in [6, 6.07) is 8.10. The van der Waals surface area contributed by atoms with Gasteiger partial charge in [0.15, 0.2) is 11.6 Å². The predicted octanol–water partition coefficient (Wildman–Crippen LogP) is 3.58. The van der Waals surface area contributed by atoms with Gasteiger partial charge in [0.25, 0.3) is 0 Å². The molecule has 1 aliphatic rings. The Morgan fingerprint density at radius 2 is 2.18 bits per heavy atom. The fraction of sp³-hybridized carbons (Fsp3) is 0.250. The minimum atomic E-state index is -0.355. The first-order valence-electron chi connectivity index (χ1n) is 9.03. The van der Waals surface area contributed by atoms with Crippen LogP contribution in [0.3, 0.4) is 0 Å². The van der Waals surface area contributed by atoms with Gasteiger partial charge < -0.3 is 20.0 Å². The largest absolute Gasteiger partial charge is 0.445 e. The Kier molecular flexibility index (Phi) is 4.92. The zero-order valence-corrected chi connectivity index (χ0v) is 15.4. The molecule has 1 saturated heterocycles. The summed E-state index contributed by atoms with van der Waals surface area (Å²) in [6.07, 6.45) is 5.38. The quantitative estimate of drug-likeness (QED) is 0.722. The van der Waals surface area contributed by atoms with Gasteiger partial charge in [0, 0.05) is 36.6 Å². The maximum atomic E-state index is 13.9. The normalized spacial score (nSPS) is 16.2. The molecule has 1 aliphatic heterocycles. The van der Waals surface area contributed by atoms with Crippen LogP contribution in [-0.4, -0.2) is 35.1 Å². The Morgan fingerprint density at radius 3 is 2.96 bits per heavy atom. The summed E-state index contributed by atoms with van der Waals surface area (Å²) in [4.78, 5) is 22.5. The molecule has 2 amide bonds. The van der Waals surface area contributed by atoms with E-state index in [0.717, 1.165) is 17.5 Å². The van der Waals surface area contributed by atoms with E-state index in [1.165, 1.54) is 12.3 Å². The number of hydrogen-bond donors (Lipinski definition) is 2. The van der Waals surface area contributed by atoms with E-state index >= 15 is 0 Å². The summed E-state index contributed by atoms with van der Waals surface area (Å²) in [5.41, 5.74) is 2.46. The van der Waals surface area contributed by atoms with Gasteiger partial charge in [0.05, 0.1) is 6.20 Å². The average molecular weight is 381 g/mol. The number of carbonyl (C=O) groups excluding carboxylic acids is 1. The number of nitrogens with zero attached hydrogens (tertiary/aromatic N) is 3. The Bertz CT molecular complexity index is 976. The molecular formula is C20H20FN5O2. The van der Waals surface area contributed by atoms with Crippen LogP contribution in [0.5, 0.6) is 0 Å². The number of anilines is 2. The van der Waals surface area contributed by atoms with Crippen molar-refractivity contribution in [2.75, 3.05) is 23.3 Å². The molecule has 3 aromatic rings. The zero-order chi connectivity index (χ0) is 19.5. The van der Waals surface area contributed by atoms with Gasteiger partial charge in [-0.15, -0.1) is 0 Å². The summed E-state index contributed by atoms with van der Waals surface area (Å²) in [6.45, 7) is 3.10. The number of pyridine rings is 1. The van der Waals surface area contributed by atoms with Gasteiger partial charge >= 0.3 is 6.03 Å². The van der Waals surface area contributed by atoms with Gasteiger partial charge in [-0.3, -0.25) is 0 Å². The van der Waals surface area contributed by atoms with Crippen LogP contribution in [0.1, 0.15) is 12.0 Å². The van der Waals surface area contributed by atoms with Crippen molar-refractivity contribution in [2.45, 2.75) is 19.4 Å². The summed E-state index contributed by atoms with van der Waals surface area (Å²) < 4.78 is 19.2. The van der Waals surface area contributed by atoms with Crippen LogP contribution < -0.4 is 15.5 Å². The number of carbonyl (C=O) groups is 1. The van der Waals surface area contributed by atoms with E-state index < -0.39 is 0 Å². The number of urea groups is 1. The molecule has 0 saturated carbocycles. The number of nitrogens with one attached hydrogen (secondary N) is 2. The summed E-state index contributed by atoms with van der Waals surface area (Å²) in [5, 5.41) is 5.77. The summed E-state index contributed by atoms with van der Waals surface area (Å²) in [7, 11) is 0. The van der Waals surface area contributed by atoms with Gasteiger partial charge in [0.2, 0.25) is 5.89 Å². The molecule has 28 heavy (non-hydrogen) atoms. The van der Waals surface area contributed by atoms with Crippen molar-refractivity contribution in [3.8, 4) is 11.5 Å². The lowest BCUT2D eigenvalue weighted by Gasteiger charge is -2.18. The van der Waals surface area contributed by atoms with Gasteiger partial charge in [-0.05, 0) is 43.2 Å². The second-order valence-electron chi connectivity index (χ2n) is 6.71. The number of aromatic nitrogens is 2. The molecule has 1 atom stereocenters. The van der Waals surface area contributed by atoms with Crippen LogP contribution in [0.25, 0.3) is 11.5 Å². The zero-order valence-electron chi connectivity index (χ0n) is 15.4. The van der Waals surface area contributed by atoms with E-state index in [9.17, 15) is 9.18 Å². The average Bonchev–Trinajstić information content (AvgIpc) is 3.36. The first-order chi connectivity index (χ1) is 13.6.